The molecule has 12 heteroatoms. The van der Waals surface area contributed by atoms with Crippen molar-refractivity contribution >= 4 is 25.8 Å². The third-order valence-corrected chi connectivity index (χ3v) is 9.40. The van der Waals surface area contributed by atoms with Gasteiger partial charge in [-0.25, -0.2) is 14.6 Å². The van der Waals surface area contributed by atoms with E-state index >= 15 is 0 Å². The maximum Gasteiger partial charge on any atom is 0.412 e. The molecule has 1 amide bonds. The molecule has 5 rings (SSSR count). The normalized spacial score (nSPS) is 12.0. The van der Waals surface area contributed by atoms with E-state index in [-0.39, 0.29) is 24.9 Å². The molecule has 0 saturated heterocycles. The zero-order valence-corrected chi connectivity index (χ0v) is 29.7. The number of benzene rings is 3. The summed E-state index contributed by atoms with van der Waals surface area (Å²) in [6.07, 6.45) is 0.494. The van der Waals surface area contributed by atoms with Gasteiger partial charge < -0.3 is 23.5 Å². The Morgan fingerprint density at radius 3 is 2.24 bits per heavy atom. The van der Waals surface area contributed by atoms with Crippen molar-refractivity contribution < 1.29 is 33.1 Å². The average Bonchev–Trinajstić information content (AvgIpc) is 3.65. The molecule has 11 nitrogen and oxygen atoms in total. The van der Waals surface area contributed by atoms with Crippen LogP contribution in [0.25, 0.3) is 22.5 Å². The first-order valence-corrected chi connectivity index (χ1v) is 19.9. The van der Waals surface area contributed by atoms with Crippen molar-refractivity contribution in [1.29, 1.82) is 0 Å². The Morgan fingerprint density at radius 1 is 0.939 bits per heavy atom. The Labute approximate surface area is 287 Å². The summed E-state index contributed by atoms with van der Waals surface area (Å²) in [6.45, 7) is 13.2. The number of hydrogen-bond donors (Lipinski definition) is 1. The largest absolute Gasteiger partial charge is 0.461 e. The molecular weight excluding hydrogens is 641 g/mol. The Balaban J connectivity index is 1.24. The lowest BCUT2D eigenvalue weighted by Gasteiger charge is -2.16. The second-order valence-electron chi connectivity index (χ2n) is 12.7. The number of carbonyl (C=O) groups is 2. The van der Waals surface area contributed by atoms with E-state index in [0.29, 0.717) is 29.5 Å². The maximum absolute atomic E-state index is 12.8. The lowest BCUT2D eigenvalue weighted by molar-refractivity contribution is 0.0469. The van der Waals surface area contributed by atoms with Crippen LogP contribution in [0.3, 0.4) is 0 Å². The topological polar surface area (TPSA) is 127 Å². The number of aryl methyl sites for hydroxylation is 1. The first-order valence-electron chi connectivity index (χ1n) is 16.2. The number of ether oxygens (including phenoxy) is 4. The van der Waals surface area contributed by atoms with Crippen molar-refractivity contribution in [3.05, 3.63) is 102 Å². The van der Waals surface area contributed by atoms with E-state index in [9.17, 15) is 9.59 Å². The number of amides is 1. The Bertz CT molecular complexity index is 1850. The maximum atomic E-state index is 12.8. The molecule has 1 N–H and O–H groups in total. The van der Waals surface area contributed by atoms with Gasteiger partial charge in [0, 0.05) is 20.2 Å². The Kier molecular flexibility index (Phi) is 11.3. The van der Waals surface area contributed by atoms with Crippen LogP contribution in [-0.2, 0) is 20.9 Å². The highest BCUT2D eigenvalue weighted by molar-refractivity contribution is 6.76. The summed E-state index contributed by atoms with van der Waals surface area (Å²) in [4.78, 5) is 29.9. The Hall–Kier alpha value is -5.20. The highest BCUT2D eigenvalue weighted by Crippen LogP contribution is 2.34. The minimum absolute atomic E-state index is 0.148. The second-order valence-corrected chi connectivity index (χ2v) is 18.3. The molecule has 0 aliphatic rings. The quantitative estimate of drug-likeness (QED) is 0.0693. The van der Waals surface area contributed by atoms with Gasteiger partial charge in [0.1, 0.15) is 36.3 Å². The number of nitrogens with one attached hydrogen (secondary N) is 1. The summed E-state index contributed by atoms with van der Waals surface area (Å²) in [5.41, 5.74) is 4.69. The van der Waals surface area contributed by atoms with Crippen LogP contribution in [-0.4, -0.2) is 48.1 Å². The summed E-state index contributed by atoms with van der Waals surface area (Å²) >= 11 is 0. The highest BCUT2D eigenvalue weighted by atomic mass is 28.3. The fraction of sp³-hybridized carbons (Fsp3) is 0.297. The molecule has 0 unspecified atom stereocenters. The number of rotatable bonds is 14. The average molecular weight is 683 g/mol. The molecule has 0 aliphatic carbocycles. The van der Waals surface area contributed by atoms with Crippen LogP contribution in [0.2, 0.25) is 25.7 Å². The number of nitrogens with zero attached hydrogens (tertiary/aromatic N) is 3. The molecule has 0 bridgehead atoms. The fourth-order valence-electron chi connectivity index (χ4n) is 4.92. The minimum Gasteiger partial charge on any atom is -0.461 e. The van der Waals surface area contributed by atoms with E-state index in [1.165, 1.54) is 6.33 Å². The monoisotopic (exact) mass is 682 g/mol. The van der Waals surface area contributed by atoms with E-state index in [2.05, 4.69) is 35.1 Å². The van der Waals surface area contributed by atoms with Gasteiger partial charge in [-0.2, -0.15) is 0 Å². The third-order valence-electron chi connectivity index (χ3n) is 7.69. The molecule has 49 heavy (non-hydrogen) atoms. The number of aromatic nitrogens is 3. The van der Waals surface area contributed by atoms with Gasteiger partial charge in [0.25, 0.3) is 5.88 Å². The number of anilines is 1. The van der Waals surface area contributed by atoms with E-state index in [1.54, 1.807) is 18.4 Å². The summed E-state index contributed by atoms with van der Waals surface area (Å²) in [6, 6.07) is 25.7. The van der Waals surface area contributed by atoms with Gasteiger partial charge in [-0.05, 0) is 55.6 Å². The van der Waals surface area contributed by atoms with Crippen LogP contribution in [0, 0.1) is 6.92 Å². The predicted molar refractivity (Wildman–Crippen MR) is 189 cm³/mol. The van der Waals surface area contributed by atoms with Gasteiger partial charge >= 0.3 is 12.1 Å². The van der Waals surface area contributed by atoms with Crippen LogP contribution in [0.15, 0.2) is 89.7 Å². The van der Waals surface area contributed by atoms with Gasteiger partial charge in [-0.15, -0.1) is 0 Å². The number of imidazole rings is 1. The van der Waals surface area contributed by atoms with Crippen molar-refractivity contribution in [2.45, 2.75) is 59.3 Å². The highest BCUT2D eigenvalue weighted by Gasteiger charge is 2.23. The molecule has 0 saturated carbocycles. The lowest BCUT2D eigenvalue weighted by Crippen LogP contribution is -2.22. The van der Waals surface area contributed by atoms with Gasteiger partial charge in [0.15, 0.2) is 11.5 Å². The standard InChI is InChI=1S/C37H42N4O7Si/c1-7-45-36(42)33-35(38-23-41(33)24-44-21-22-49(4,5)6)47-31-19-17-29(18-20-31)28-13-15-30(16-14-28)34-32(25(2)40-48-34)39-37(43)46-26(3)27-11-9-8-10-12-27/h8-20,23,26H,7,21-22,24H2,1-6H3,(H,39,43)/t26-/m1/s1. The van der Waals surface area contributed by atoms with Crippen molar-refractivity contribution in [3.63, 3.8) is 0 Å². The van der Waals surface area contributed by atoms with Gasteiger partial charge in [-0.3, -0.25) is 9.88 Å². The summed E-state index contributed by atoms with van der Waals surface area (Å²) < 4.78 is 29.9. The molecule has 1 atom stereocenters. The second kappa shape index (κ2) is 15.8. The first-order chi connectivity index (χ1) is 23.5. The smallest absolute Gasteiger partial charge is 0.412 e. The van der Waals surface area contributed by atoms with Crippen molar-refractivity contribution in [2.75, 3.05) is 18.5 Å². The van der Waals surface area contributed by atoms with Crippen LogP contribution < -0.4 is 10.1 Å². The molecule has 0 fully saturated rings. The van der Waals surface area contributed by atoms with E-state index < -0.39 is 26.2 Å². The van der Waals surface area contributed by atoms with Crippen molar-refractivity contribution in [2.24, 2.45) is 0 Å². The zero-order valence-electron chi connectivity index (χ0n) is 28.7. The van der Waals surface area contributed by atoms with Crippen LogP contribution in [0.1, 0.15) is 41.7 Å². The van der Waals surface area contributed by atoms with E-state index in [0.717, 1.165) is 28.3 Å². The molecular formula is C37H42N4O7Si. The van der Waals surface area contributed by atoms with E-state index in [4.69, 9.17) is 23.5 Å². The molecule has 2 heterocycles. The zero-order chi connectivity index (χ0) is 35.0. The van der Waals surface area contributed by atoms with E-state index in [1.807, 2.05) is 85.8 Å². The first kappa shape index (κ1) is 35.1. The van der Waals surface area contributed by atoms with Crippen molar-refractivity contribution in [3.8, 4) is 34.1 Å². The molecule has 5 aromatic rings. The lowest BCUT2D eigenvalue weighted by atomic mass is 10.0. The summed E-state index contributed by atoms with van der Waals surface area (Å²) in [5, 5.41) is 6.86. The number of carbonyl (C=O) groups excluding carboxylic acids is 2. The number of hydrogen-bond acceptors (Lipinski definition) is 9. The molecule has 256 valence electrons. The van der Waals surface area contributed by atoms with Crippen LogP contribution in [0.4, 0.5) is 10.5 Å². The minimum atomic E-state index is -1.25. The van der Waals surface area contributed by atoms with Crippen LogP contribution in [0.5, 0.6) is 11.6 Å². The molecule has 0 aliphatic heterocycles. The number of esters is 1. The Morgan fingerprint density at radius 2 is 1.59 bits per heavy atom. The molecule has 2 aromatic heterocycles. The SMILES string of the molecule is CCOC(=O)c1c(Oc2ccc(-c3ccc(-c4onc(C)c4NC(=O)O[C@H](C)c4ccccc4)cc3)cc2)ncn1COCC[Si](C)(C)C. The van der Waals surface area contributed by atoms with Gasteiger partial charge in [0.2, 0.25) is 0 Å². The van der Waals surface area contributed by atoms with Gasteiger partial charge in [0.05, 0.1) is 6.61 Å². The fourth-order valence-corrected chi connectivity index (χ4v) is 5.68. The molecule has 3 aromatic carbocycles. The van der Waals surface area contributed by atoms with Gasteiger partial charge in [-0.1, -0.05) is 91.5 Å². The molecule has 0 radical (unpaired) electrons. The van der Waals surface area contributed by atoms with Crippen molar-refractivity contribution in [1.82, 2.24) is 14.7 Å². The predicted octanol–water partition coefficient (Wildman–Crippen LogP) is 9.10. The third kappa shape index (κ3) is 9.24. The van der Waals surface area contributed by atoms with Crippen LogP contribution >= 0.6 is 0 Å². The summed E-state index contributed by atoms with van der Waals surface area (Å²) in [7, 11) is -1.25. The molecule has 0 spiro atoms. The summed E-state index contributed by atoms with van der Waals surface area (Å²) in [5.74, 6) is 0.557.